The van der Waals surface area contributed by atoms with Crippen molar-refractivity contribution >= 4 is 35.0 Å². The van der Waals surface area contributed by atoms with Crippen LogP contribution in [0.25, 0.3) is 11.8 Å². The second-order valence-electron chi connectivity index (χ2n) is 11.2. The van der Waals surface area contributed by atoms with Crippen LogP contribution in [0.5, 0.6) is 5.75 Å². The van der Waals surface area contributed by atoms with Gasteiger partial charge in [-0.05, 0) is 53.3 Å². The number of carbonyl (C=O) groups excluding carboxylic acids is 3. The monoisotopic (exact) mass is 546 g/mol. The summed E-state index contributed by atoms with van der Waals surface area (Å²) in [4.78, 5) is 49.9. The fourth-order valence-corrected chi connectivity index (χ4v) is 5.87. The molecule has 8 nitrogen and oxygen atoms in total. The molecule has 0 amide bonds. The van der Waals surface area contributed by atoms with Crippen molar-refractivity contribution in [1.29, 1.82) is 0 Å². The van der Waals surface area contributed by atoms with Gasteiger partial charge >= 0.3 is 5.97 Å². The van der Waals surface area contributed by atoms with E-state index in [1.165, 1.54) is 36.4 Å². The van der Waals surface area contributed by atoms with Crippen molar-refractivity contribution in [3.05, 3.63) is 128 Å². The Morgan fingerprint density at radius 2 is 1.63 bits per heavy atom. The molecule has 1 aliphatic heterocycles. The van der Waals surface area contributed by atoms with Crippen LogP contribution >= 0.6 is 0 Å². The van der Waals surface area contributed by atoms with Crippen molar-refractivity contribution in [2.75, 3.05) is 0 Å². The van der Waals surface area contributed by atoms with Crippen molar-refractivity contribution < 1.29 is 24.0 Å². The van der Waals surface area contributed by atoms with Crippen LogP contribution in [0.3, 0.4) is 0 Å². The Morgan fingerprint density at radius 3 is 2.32 bits per heavy atom. The van der Waals surface area contributed by atoms with Gasteiger partial charge in [0.25, 0.3) is 5.69 Å². The number of nitrogens with one attached hydrogen (secondary N) is 1. The van der Waals surface area contributed by atoms with Crippen LogP contribution in [0.4, 0.5) is 5.69 Å². The number of nitro groups is 1. The summed E-state index contributed by atoms with van der Waals surface area (Å²) < 4.78 is 5.45. The highest BCUT2D eigenvalue weighted by Crippen LogP contribution is 2.51. The second kappa shape index (κ2) is 9.82. The Bertz CT molecular complexity index is 1730. The number of carbonyl (C=O) groups is 3. The number of nitrogens with zero attached hydrogens (tertiary/aromatic N) is 1. The Morgan fingerprint density at radius 1 is 0.951 bits per heavy atom. The number of fused-ring (bicyclic) bond motifs is 2. The number of Topliss-reactive ketones (excluding diaryl/α,β-unsaturated/α-hetero) is 2. The first-order chi connectivity index (χ1) is 19.6. The summed E-state index contributed by atoms with van der Waals surface area (Å²) in [6.45, 7) is 4.14. The lowest BCUT2D eigenvalue weighted by Crippen LogP contribution is -2.37. The average molecular weight is 547 g/mol. The second-order valence-corrected chi connectivity index (χ2v) is 11.2. The number of rotatable bonds is 5. The predicted octanol–water partition coefficient (Wildman–Crippen LogP) is 6.15. The van der Waals surface area contributed by atoms with Crippen LogP contribution in [0.1, 0.15) is 59.7 Å². The lowest BCUT2D eigenvalue weighted by Gasteiger charge is -2.39. The Labute approximate surface area is 236 Å². The number of hydrogen-bond acceptors (Lipinski definition) is 7. The van der Waals surface area contributed by atoms with E-state index in [-0.39, 0.29) is 22.7 Å². The summed E-state index contributed by atoms with van der Waals surface area (Å²) in [7, 11) is 0. The van der Waals surface area contributed by atoms with Crippen LogP contribution in [0, 0.1) is 15.5 Å². The van der Waals surface area contributed by atoms with Crippen LogP contribution in [0.15, 0.2) is 95.7 Å². The molecule has 0 spiro atoms. The number of allylic oxidation sites excluding steroid dienone is 3. The van der Waals surface area contributed by atoms with E-state index in [1.807, 2.05) is 24.3 Å². The molecule has 3 aliphatic rings. The summed E-state index contributed by atoms with van der Waals surface area (Å²) >= 11 is 0. The topological polar surface area (TPSA) is 116 Å². The van der Waals surface area contributed by atoms with E-state index in [1.54, 1.807) is 24.3 Å². The lowest BCUT2D eigenvalue weighted by molar-refractivity contribution is -0.384. The van der Waals surface area contributed by atoms with Gasteiger partial charge in [-0.15, -0.1) is 0 Å². The third-order valence-electron chi connectivity index (χ3n) is 7.68. The van der Waals surface area contributed by atoms with Crippen molar-refractivity contribution in [3.8, 4) is 5.75 Å². The first-order valence-electron chi connectivity index (χ1n) is 13.3. The molecular formula is C33H26N2O6. The molecule has 8 heteroatoms. The third-order valence-corrected chi connectivity index (χ3v) is 7.68. The maximum atomic E-state index is 13.6. The van der Waals surface area contributed by atoms with E-state index < -0.39 is 16.8 Å². The van der Waals surface area contributed by atoms with Gasteiger partial charge in [0, 0.05) is 58.5 Å². The first-order valence-corrected chi connectivity index (χ1v) is 13.3. The Balaban J connectivity index is 1.28. The minimum atomic E-state index is -0.612. The number of benzene rings is 3. The number of nitro benzene ring substituents is 1. The molecule has 0 aromatic heterocycles. The minimum absolute atomic E-state index is 0.0240. The maximum Gasteiger partial charge on any atom is 0.336 e. The number of non-ortho nitro benzene ring substituents is 1. The van der Waals surface area contributed by atoms with Gasteiger partial charge in [-0.25, -0.2) is 4.79 Å². The number of hydrogen-bond donors (Lipinski definition) is 1. The van der Waals surface area contributed by atoms with Crippen molar-refractivity contribution in [3.63, 3.8) is 0 Å². The predicted molar refractivity (Wildman–Crippen MR) is 153 cm³/mol. The van der Waals surface area contributed by atoms with E-state index in [2.05, 4.69) is 19.2 Å². The van der Waals surface area contributed by atoms with Gasteiger partial charge < -0.3 is 10.1 Å². The van der Waals surface area contributed by atoms with Gasteiger partial charge in [0.2, 0.25) is 0 Å². The van der Waals surface area contributed by atoms with Crippen molar-refractivity contribution in [1.82, 2.24) is 5.32 Å². The molecule has 1 atom stereocenters. The van der Waals surface area contributed by atoms with Crippen LogP contribution in [0.2, 0.25) is 0 Å². The van der Waals surface area contributed by atoms with Gasteiger partial charge in [0.1, 0.15) is 5.75 Å². The molecule has 0 saturated heterocycles. The number of ether oxygens (including phenoxy) is 1. The molecule has 1 heterocycles. The van der Waals surface area contributed by atoms with Gasteiger partial charge in [0.05, 0.1) is 10.6 Å². The van der Waals surface area contributed by atoms with E-state index >= 15 is 0 Å². The minimum Gasteiger partial charge on any atom is -0.423 e. The molecule has 6 rings (SSSR count). The van der Waals surface area contributed by atoms with E-state index in [4.69, 9.17) is 4.74 Å². The number of ketones is 2. The highest BCUT2D eigenvalue weighted by atomic mass is 16.6. The maximum absolute atomic E-state index is 13.6. The molecule has 1 unspecified atom stereocenters. The zero-order valence-corrected chi connectivity index (χ0v) is 22.5. The molecule has 0 fully saturated rings. The van der Waals surface area contributed by atoms with E-state index in [0.29, 0.717) is 40.9 Å². The molecule has 0 saturated carbocycles. The highest BCUT2D eigenvalue weighted by molar-refractivity contribution is 6.23. The zero-order valence-electron chi connectivity index (χ0n) is 22.5. The Hall–Kier alpha value is -5.11. The number of esters is 1. The summed E-state index contributed by atoms with van der Waals surface area (Å²) in [5.41, 5.74) is 5.40. The SMILES string of the molecule is CC1(C)CC(=O)C2=C(C1)NC1=C(C(=O)c3ccccc31)C2c1ccc(OC(=O)/C=C/c2ccc([N+](=O)[O-])cc2)cc1. The normalized spacial score (nSPS) is 19.0. The highest BCUT2D eigenvalue weighted by Gasteiger charge is 2.46. The van der Waals surface area contributed by atoms with Gasteiger partial charge in [-0.1, -0.05) is 50.2 Å². The molecule has 3 aromatic rings. The molecule has 3 aromatic carbocycles. The molecule has 0 radical (unpaired) electrons. The van der Waals surface area contributed by atoms with Crippen LogP contribution < -0.4 is 10.1 Å². The molecule has 41 heavy (non-hydrogen) atoms. The zero-order chi connectivity index (χ0) is 28.9. The smallest absolute Gasteiger partial charge is 0.336 e. The lowest BCUT2D eigenvalue weighted by atomic mass is 9.68. The third kappa shape index (κ3) is 4.78. The Kier molecular flexibility index (Phi) is 6.26. The van der Waals surface area contributed by atoms with E-state index in [9.17, 15) is 24.5 Å². The first kappa shape index (κ1) is 26.1. The largest absolute Gasteiger partial charge is 0.423 e. The van der Waals surface area contributed by atoms with Crippen molar-refractivity contribution in [2.45, 2.75) is 32.6 Å². The molecule has 2 aliphatic carbocycles. The van der Waals surface area contributed by atoms with Crippen molar-refractivity contribution in [2.24, 2.45) is 5.41 Å². The van der Waals surface area contributed by atoms with Crippen LogP contribution in [-0.2, 0) is 9.59 Å². The summed E-state index contributed by atoms with van der Waals surface area (Å²) in [6.07, 6.45) is 3.84. The summed E-state index contributed by atoms with van der Waals surface area (Å²) in [6, 6.07) is 20.2. The molecule has 1 N–H and O–H groups in total. The van der Waals surface area contributed by atoms with Gasteiger partial charge in [-0.2, -0.15) is 0 Å². The molecule has 0 bridgehead atoms. The summed E-state index contributed by atoms with van der Waals surface area (Å²) in [5.74, 6) is -0.905. The molecule has 204 valence electrons. The number of dihydropyridines is 1. The fraction of sp³-hybridized carbons (Fsp3) is 0.182. The standard InChI is InChI=1S/C33H26N2O6/c1-33(2)17-25-29(26(36)18-33)28(30-31(34-25)23-5-3-4-6-24(23)32(30)38)20-10-14-22(15-11-20)41-27(37)16-9-19-7-12-21(13-8-19)35(39)40/h3-16,28,34H,17-18H2,1-2H3/b16-9+. The van der Waals surface area contributed by atoms with Gasteiger partial charge in [0.15, 0.2) is 11.6 Å². The quantitative estimate of drug-likeness (QED) is 0.134. The van der Waals surface area contributed by atoms with E-state index in [0.717, 1.165) is 22.5 Å². The molecular weight excluding hydrogens is 520 g/mol. The fourth-order valence-electron chi connectivity index (χ4n) is 5.87. The van der Waals surface area contributed by atoms with Gasteiger partial charge in [-0.3, -0.25) is 19.7 Å². The summed E-state index contributed by atoms with van der Waals surface area (Å²) in [5, 5.41) is 14.3. The van der Waals surface area contributed by atoms with Crippen LogP contribution in [-0.4, -0.2) is 22.5 Å². The average Bonchev–Trinajstić information content (AvgIpc) is 3.22.